The quantitative estimate of drug-likeness (QED) is 0.781. The number of carbonyl (C=O) groups excluding carboxylic acids is 2. The normalized spacial score (nSPS) is 9.53. The molecule has 92 valence electrons. The Morgan fingerprint density at radius 3 is 2.65 bits per heavy atom. The maximum Gasteiger partial charge on any atom is 0.325 e. The van der Waals surface area contributed by atoms with Crippen molar-refractivity contribution in [2.24, 2.45) is 0 Å². The topological polar surface area (TPSA) is 67.4 Å². The van der Waals surface area contributed by atoms with Crippen molar-refractivity contribution in [2.45, 2.75) is 13.8 Å². The van der Waals surface area contributed by atoms with Crippen LogP contribution in [0.15, 0.2) is 24.3 Å². The molecule has 1 rings (SSSR count). The number of amides is 2. The van der Waals surface area contributed by atoms with Gasteiger partial charge in [0.05, 0.1) is 6.61 Å². The van der Waals surface area contributed by atoms with Gasteiger partial charge in [0.2, 0.25) is 0 Å². The van der Waals surface area contributed by atoms with Crippen LogP contribution in [0.2, 0.25) is 0 Å². The molecular formula is C12H16N2O3. The minimum absolute atomic E-state index is 0.133. The van der Waals surface area contributed by atoms with Gasteiger partial charge in [0, 0.05) is 5.69 Å². The third-order valence-corrected chi connectivity index (χ3v) is 2.09. The van der Waals surface area contributed by atoms with E-state index < -0.39 is 12.0 Å². The molecular weight excluding hydrogens is 220 g/mol. The highest BCUT2D eigenvalue weighted by Crippen LogP contribution is 2.12. The molecule has 0 aliphatic heterocycles. The predicted octanol–water partition coefficient (Wildman–Crippen LogP) is 1.68. The Labute approximate surface area is 100 Å². The van der Waals surface area contributed by atoms with Crippen molar-refractivity contribution in [1.29, 1.82) is 0 Å². The van der Waals surface area contributed by atoms with Crippen molar-refractivity contribution < 1.29 is 14.3 Å². The van der Waals surface area contributed by atoms with Crippen LogP contribution in [0, 0.1) is 6.92 Å². The van der Waals surface area contributed by atoms with Gasteiger partial charge in [0.1, 0.15) is 6.54 Å². The maximum absolute atomic E-state index is 11.4. The molecule has 0 unspecified atom stereocenters. The fourth-order valence-corrected chi connectivity index (χ4v) is 1.24. The summed E-state index contributed by atoms with van der Waals surface area (Å²) in [5.41, 5.74) is 1.67. The highest BCUT2D eigenvalue weighted by molar-refractivity contribution is 5.92. The summed E-state index contributed by atoms with van der Waals surface area (Å²) in [4.78, 5) is 22.4. The lowest BCUT2D eigenvalue weighted by Crippen LogP contribution is -2.34. The van der Waals surface area contributed by atoms with Gasteiger partial charge in [-0.05, 0) is 25.5 Å². The Morgan fingerprint density at radius 1 is 1.29 bits per heavy atom. The average molecular weight is 236 g/mol. The maximum atomic E-state index is 11.4. The number of carbonyl (C=O) groups is 2. The summed E-state index contributed by atoms with van der Waals surface area (Å²) in [5, 5.41) is 5.07. The molecule has 5 heteroatoms. The fourth-order valence-electron chi connectivity index (χ4n) is 1.24. The number of hydrogen-bond donors (Lipinski definition) is 2. The van der Waals surface area contributed by atoms with Gasteiger partial charge in [0.15, 0.2) is 0 Å². The lowest BCUT2D eigenvalue weighted by atomic mass is 10.2. The molecule has 0 heterocycles. The van der Waals surface area contributed by atoms with E-state index >= 15 is 0 Å². The Kier molecular flexibility index (Phi) is 5.00. The zero-order valence-electron chi connectivity index (χ0n) is 9.95. The van der Waals surface area contributed by atoms with Gasteiger partial charge in [-0.1, -0.05) is 18.2 Å². The summed E-state index contributed by atoms with van der Waals surface area (Å²) in [6.07, 6.45) is 0. The third kappa shape index (κ3) is 4.55. The molecule has 0 radical (unpaired) electrons. The number of nitrogens with one attached hydrogen (secondary N) is 2. The van der Waals surface area contributed by atoms with Crippen LogP contribution in [0.4, 0.5) is 10.5 Å². The summed E-state index contributed by atoms with van der Waals surface area (Å²) in [5.74, 6) is -0.451. The van der Waals surface area contributed by atoms with Gasteiger partial charge < -0.3 is 15.4 Å². The first-order valence-electron chi connectivity index (χ1n) is 5.39. The number of urea groups is 1. The Balaban J connectivity index is 2.40. The highest BCUT2D eigenvalue weighted by atomic mass is 16.5. The van der Waals surface area contributed by atoms with Gasteiger partial charge in [-0.25, -0.2) is 4.79 Å². The zero-order valence-corrected chi connectivity index (χ0v) is 9.95. The van der Waals surface area contributed by atoms with Crippen LogP contribution in [0.25, 0.3) is 0 Å². The molecule has 0 saturated heterocycles. The van der Waals surface area contributed by atoms with Crippen molar-refractivity contribution in [3.63, 3.8) is 0 Å². The zero-order chi connectivity index (χ0) is 12.7. The van der Waals surface area contributed by atoms with E-state index in [0.717, 1.165) is 5.56 Å². The minimum Gasteiger partial charge on any atom is -0.465 e. The van der Waals surface area contributed by atoms with Crippen molar-refractivity contribution in [3.05, 3.63) is 29.8 Å². The monoisotopic (exact) mass is 236 g/mol. The van der Waals surface area contributed by atoms with E-state index in [-0.39, 0.29) is 6.54 Å². The number of para-hydroxylation sites is 1. The van der Waals surface area contributed by atoms with Crippen LogP contribution in [0.1, 0.15) is 12.5 Å². The van der Waals surface area contributed by atoms with Crippen molar-refractivity contribution in [3.8, 4) is 0 Å². The molecule has 1 aromatic rings. The molecule has 2 amide bonds. The number of benzene rings is 1. The minimum atomic E-state index is -0.451. The summed E-state index contributed by atoms with van der Waals surface area (Å²) in [6.45, 7) is 3.78. The van der Waals surface area contributed by atoms with E-state index in [2.05, 4.69) is 15.4 Å². The van der Waals surface area contributed by atoms with E-state index in [1.54, 1.807) is 13.0 Å². The predicted molar refractivity (Wildman–Crippen MR) is 64.8 cm³/mol. The SMILES string of the molecule is CCOC(=O)CNC(=O)Nc1ccccc1C. The first kappa shape index (κ1) is 13.0. The van der Waals surface area contributed by atoms with Crippen LogP contribution in [-0.2, 0) is 9.53 Å². The van der Waals surface area contributed by atoms with Crippen LogP contribution < -0.4 is 10.6 Å². The van der Waals surface area contributed by atoms with Crippen LogP contribution >= 0.6 is 0 Å². The summed E-state index contributed by atoms with van der Waals surface area (Å²) < 4.78 is 4.68. The molecule has 0 spiro atoms. The largest absolute Gasteiger partial charge is 0.465 e. The van der Waals surface area contributed by atoms with Crippen molar-refractivity contribution in [2.75, 3.05) is 18.5 Å². The van der Waals surface area contributed by atoms with E-state index in [4.69, 9.17) is 0 Å². The van der Waals surface area contributed by atoms with Crippen LogP contribution in [0.3, 0.4) is 0 Å². The standard InChI is InChI=1S/C12H16N2O3/c1-3-17-11(15)8-13-12(16)14-10-7-5-4-6-9(10)2/h4-7H,3,8H2,1-2H3,(H2,13,14,16). The number of rotatable bonds is 4. The summed E-state index contributed by atoms with van der Waals surface area (Å²) >= 11 is 0. The number of anilines is 1. The highest BCUT2D eigenvalue weighted by Gasteiger charge is 2.06. The van der Waals surface area contributed by atoms with Crippen LogP contribution in [-0.4, -0.2) is 25.2 Å². The molecule has 0 atom stereocenters. The Bertz CT molecular complexity index is 404. The van der Waals surface area contributed by atoms with Gasteiger partial charge >= 0.3 is 12.0 Å². The lowest BCUT2D eigenvalue weighted by molar-refractivity contribution is -0.141. The van der Waals surface area contributed by atoms with Crippen LogP contribution in [0.5, 0.6) is 0 Å². The second-order valence-electron chi connectivity index (χ2n) is 3.43. The molecule has 0 fully saturated rings. The fraction of sp³-hybridized carbons (Fsp3) is 0.333. The smallest absolute Gasteiger partial charge is 0.325 e. The molecule has 0 aliphatic carbocycles. The first-order valence-corrected chi connectivity index (χ1v) is 5.39. The van der Waals surface area contributed by atoms with Crippen molar-refractivity contribution >= 4 is 17.7 Å². The molecule has 0 bridgehead atoms. The molecule has 1 aromatic carbocycles. The van der Waals surface area contributed by atoms with Gasteiger partial charge in [0.25, 0.3) is 0 Å². The van der Waals surface area contributed by atoms with E-state index in [1.165, 1.54) is 0 Å². The van der Waals surface area contributed by atoms with E-state index in [1.807, 2.05) is 25.1 Å². The van der Waals surface area contributed by atoms with Gasteiger partial charge in [-0.2, -0.15) is 0 Å². The Morgan fingerprint density at radius 2 is 2.00 bits per heavy atom. The number of aryl methyl sites for hydroxylation is 1. The summed E-state index contributed by atoms with van der Waals surface area (Å²) in [7, 11) is 0. The molecule has 0 saturated carbocycles. The molecule has 0 aromatic heterocycles. The third-order valence-electron chi connectivity index (χ3n) is 2.09. The van der Waals surface area contributed by atoms with Gasteiger partial charge in [-0.3, -0.25) is 4.79 Å². The Hall–Kier alpha value is -2.04. The first-order chi connectivity index (χ1) is 8.13. The van der Waals surface area contributed by atoms with Crippen molar-refractivity contribution in [1.82, 2.24) is 5.32 Å². The molecule has 5 nitrogen and oxygen atoms in total. The number of ether oxygens (including phenoxy) is 1. The number of esters is 1. The van der Waals surface area contributed by atoms with E-state index in [9.17, 15) is 9.59 Å². The lowest BCUT2D eigenvalue weighted by Gasteiger charge is -2.09. The number of hydrogen-bond acceptors (Lipinski definition) is 3. The molecule has 17 heavy (non-hydrogen) atoms. The molecule has 2 N–H and O–H groups in total. The second kappa shape index (κ2) is 6.52. The summed E-state index contributed by atoms with van der Waals surface area (Å²) in [6, 6.07) is 6.97. The van der Waals surface area contributed by atoms with Gasteiger partial charge in [-0.15, -0.1) is 0 Å². The second-order valence-corrected chi connectivity index (χ2v) is 3.43. The molecule has 0 aliphatic rings. The average Bonchev–Trinajstić information content (AvgIpc) is 2.30. The van der Waals surface area contributed by atoms with E-state index in [0.29, 0.717) is 12.3 Å².